The van der Waals surface area contributed by atoms with Gasteiger partial charge in [0.15, 0.2) is 0 Å². The molecule has 3 rings (SSSR count). The number of hydrogen-bond donors (Lipinski definition) is 2. The second-order valence-electron chi connectivity index (χ2n) is 5.24. The zero-order valence-electron chi connectivity index (χ0n) is 12.6. The molecular formula is C16H16N4O3. The van der Waals surface area contributed by atoms with E-state index in [1.165, 1.54) is 0 Å². The first kappa shape index (κ1) is 15.0. The number of aryl methyl sites for hydroxylation is 1. The summed E-state index contributed by atoms with van der Waals surface area (Å²) in [7, 11) is 0. The molecule has 1 aromatic carbocycles. The molecule has 0 radical (unpaired) electrons. The van der Waals surface area contributed by atoms with Crippen molar-refractivity contribution in [3.63, 3.8) is 0 Å². The maximum atomic E-state index is 11.9. The third kappa shape index (κ3) is 3.63. The molecule has 2 heterocycles. The SMILES string of the molecule is Cc1cc(CC(=O)NCCc2nc3ccccc3c(=O)[nH]2)on1. The van der Waals surface area contributed by atoms with E-state index in [0.29, 0.717) is 35.5 Å². The Kier molecular flexibility index (Phi) is 4.18. The van der Waals surface area contributed by atoms with Crippen LogP contribution in [0.15, 0.2) is 39.6 Å². The van der Waals surface area contributed by atoms with Gasteiger partial charge in [0, 0.05) is 19.0 Å². The molecule has 0 spiro atoms. The zero-order chi connectivity index (χ0) is 16.2. The van der Waals surface area contributed by atoms with Crippen LogP contribution in [0.2, 0.25) is 0 Å². The van der Waals surface area contributed by atoms with Crippen LogP contribution in [0.3, 0.4) is 0 Å². The molecule has 0 atom stereocenters. The predicted octanol–water partition coefficient (Wildman–Crippen LogP) is 1.12. The second-order valence-corrected chi connectivity index (χ2v) is 5.24. The fourth-order valence-electron chi connectivity index (χ4n) is 2.29. The summed E-state index contributed by atoms with van der Waals surface area (Å²) in [6, 6.07) is 8.87. The Morgan fingerprint density at radius 2 is 2.17 bits per heavy atom. The Labute approximate surface area is 131 Å². The van der Waals surface area contributed by atoms with Crippen LogP contribution in [0.1, 0.15) is 17.3 Å². The number of carbonyl (C=O) groups is 1. The topological polar surface area (TPSA) is 101 Å². The molecule has 1 amide bonds. The highest BCUT2D eigenvalue weighted by Crippen LogP contribution is 2.06. The number of nitrogens with zero attached hydrogens (tertiary/aromatic N) is 2. The normalized spacial score (nSPS) is 10.8. The van der Waals surface area contributed by atoms with Gasteiger partial charge >= 0.3 is 0 Å². The summed E-state index contributed by atoms with van der Waals surface area (Å²) in [6.07, 6.45) is 0.587. The molecule has 23 heavy (non-hydrogen) atoms. The number of aromatic nitrogens is 3. The van der Waals surface area contributed by atoms with E-state index in [-0.39, 0.29) is 17.9 Å². The van der Waals surface area contributed by atoms with Gasteiger partial charge in [-0.3, -0.25) is 9.59 Å². The van der Waals surface area contributed by atoms with E-state index in [4.69, 9.17) is 4.52 Å². The Morgan fingerprint density at radius 1 is 1.35 bits per heavy atom. The lowest BCUT2D eigenvalue weighted by Gasteiger charge is -2.05. The molecule has 0 aliphatic carbocycles. The largest absolute Gasteiger partial charge is 0.361 e. The lowest BCUT2D eigenvalue weighted by molar-refractivity contribution is -0.120. The van der Waals surface area contributed by atoms with Crippen molar-refractivity contribution in [2.75, 3.05) is 6.54 Å². The summed E-state index contributed by atoms with van der Waals surface area (Å²) < 4.78 is 4.99. The quantitative estimate of drug-likeness (QED) is 0.735. The number of rotatable bonds is 5. The molecule has 0 aliphatic rings. The summed E-state index contributed by atoms with van der Waals surface area (Å²) in [5.74, 6) is 0.908. The zero-order valence-corrected chi connectivity index (χ0v) is 12.6. The van der Waals surface area contributed by atoms with Crippen LogP contribution in [0, 0.1) is 6.92 Å². The molecule has 2 aromatic heterocycles. The van der Waals surface area contributed by atoms with Crippen molar-refractivity contribution >= 4 is 16.8 Å². The van der Waals surface area contributed by atoms with Crippen LogP contribution in [0.5, 0.6) is 0 Å². The number of hydrogen-bond acceptors (Lipinski definition) is 5. The molecule has 0 saturated carbocycles. The molecule has 118 valence electrons. The molecule has 7 heteroatoms. The number of nitrogens with one attached hydrogen (secondary N) is 2. The van der Waals surface area contributed by atoms with Gasteiger partial charge in [-0.2, -0.15) is 0 Å². The van der Waals surface area contributed by atoms with Gasteiger partial charge in [-0.05, 0) is 19.1 Å². The molecule has 3 aromatic rings. The summed E-state index contributed by atoms with van der Waals surface area (Å²) in [5.41, 5.74) is 1.22. The standard InChI is InChI=1S/C16H16N4O3/c1-10-8-11(23-20-10)9-15(21)17-7-6-14-18-13-5-3-2-4-12(13)16(22)19-14/h2-5,8H,6-7,9H2,1H3,(H,17,21)(H,18,19,22). The first-order valence-electron chi connectivity index (χ1n) is 7.28. The minimum Gasteiger partial charge on any atom is -0.361 e. The van der Waals surface area contributed by atoms with E-state index >= 15 is 0 Å². The van der Waals surface area contributed by atoms with Crippen molar-refractivity contribution in [1.82, 2.24) is 20.4 Å². The van der Waals surface area contributed by atoms with Gasteiger partial charge in [0.25, 0.3) is 5.56 Å². The van der Waals surface area contributed by atoms with E-state index in [1.54, 1.807) is 31.2 Å². The van der Waals surface area contributed by atoms with Crippen molar-refractivity contribution in [2.24, 2.45) is 0 Å². The van der Waals surface area contributed by atoms with E-state index in [1.807, 2.05) is 6.07 Å². The maximum absolute atomic E-state index is 11.9. The van der Waals surface area contributed by atoms with Crippen molar-refractivity contribution in [3.8, 4) is 0 Å². The number of fused-ring (bicyclic) bond motifs is 1. The van der Waals surface area contributed by atoms with Crippen LogP contribution in [-0.4, -0.2) is 27.6 Å². The second kappa shape index (κ2) is 6.43. The molecule has 0 unspecified atom stereocenters. The average Bonchev–Trinajstić information content (AvgIpc) is 2.92. The number of amides is 1. The highest BCUT2D eigenvalue weighted by Gasteiger charge is 2.08. The fourth-order valence-corrected chi connectivity index (χ4v) is 2.29. The van der Waals surface area contributed by atoms with Gasteiger partial charge in [0.1, 0.15) is 11.6 Å². The van der Waals surface area contributed by atoms with Crippen LogP contribution in [0.4, 0.5) is 0 Å². The Hall–Kier alpha value is -2.96. The highest BCUT2D eigenvalue weighted by atomic mass is 16.5. The maximum Gasteiger partial charge on any atom is 0.258 e. The molecule has 7 nitrogen and oxygen atoms in total. The van der Waals surface area contributed by atoms with Gasteiger partial charge < -0.3 is 14.8 Å². The number of benzene rings is 1. The first-order valence-corrected chi connectivity index (χ1v) is 7.28. The number of H-pyrrole nitrogens is 1. The van der Waals surface area contributed by atoms with Crippen LogP contribution >= 0.6 is 0 Å². The molecule has 0 saturated heterocycles. The molecule has 0 fully saturated rings. The minimum absolute atomic E-state index is 0.141. The lowest BCUT2D eigenvalue weighted by atomic mass is 10.2. The minimum atomic E-state index is -0.172. The summed E-state index contributed by atoms with van der Waals surface area (Å²) in [5, 5.41) is 7.06. The number of carbonyl (C=O) groups excluding carboxylic acids is 1. The summed E-state index contributed by atoms with van der Waals surface area (Å²) >= 11 is 0. The summed E-state index contributed by atoms with van der Waals surface area (Å²) in [6.45, 7) is 2.18. The first-order chi connectivity index (χ1) is 11.1. The van der Waals surface area contributed by atoms with E-state index < -0.39 is 0 Å². The van der Waals surface area contributed by atoms with Gasteiger partial charge in [-0.15, -0.1) is 0 Å². The molecular weight excluding hydrogens is 296 g/mol. The average molecular weight is 312 g/mol. The van der Waals surface area contributed by atoms with Crippen LogP contribution in [0.25, 0.3) is 10.9 Å². The molecule has 0 aliphatic heterocycles. The van der Waals surface area contributed by atoms with Gasteiger partial charge in [-0.25, -0.2) is 4.98 Å². The Bertz CT molecular complexity index is 897. The van der Waals surface area contributed by atoms with Gasteiger partial charge in [0.05, 0.1) is 23.0 Å². The van der Waals surface area contributed by atoms with E-state index in [9.17, 15) is 9.59 Å². The van der Waals surface area contributed by atoms with Gasteiger partial charge in [-0.1, -0.05) is 17.3 Å². The van der Waals surface area contributed by atoms with Gasteiger partial charge in [0.2, 0.25) is 5.91 Å². The Morgan fingerprint density at radius 3 is 2.96 bits per heavy atom. The van der Waals surface area contributed by atoms with E-state index in [0.717, 1.165) is 5.69 Å². The monoisotopic (exact) mass is 312 g/mol. The predicted molar refractivity (Wildman–Crippen MR) is 84.0 cm³/mol. The Balaban J connectivity index is 1.58. The smallest absolute Gasteiger partial charge is 0.258 e. The van der Waals surface area contributed by atoms with Crippen molar-refractivity contribution < 1.29 is 9.32 Å². The number of para-hydroxylation sites is 1. The number of aromatic amines is 1. The molecule has 0 bridgehead atoms. The molecule has 2 N–H and O–H groups in total. The summed E-state index contributed by atoms with van der Waals surface area (Å²) in [4.78, 5) is 30.9. The van der Waals surface area contributed by atoms with Crippen LogP contribution in [-0.2, 0) is 17.6 Å². The van der Waals surface area contributed by atoms with Crippen molar-refractivity contribution in [3.05, 3.63) is 58.0 Å². The third-order valence-electron chi connectivity index (χ3n) is 3.36. The fraction of sp³-hybridized carbons (Fsp3) is 0.250. The third-order valence-corrected chi connectivity index (χ3v) is 3.36. The van der Waals surface area contributed by atoms with Crippen LogP contribution < -0.4 is 10.9 Å². The van der Waals surface area contributed by atoms with Crippen molar-refractivity contribution in [1.29, 1.82) is 0 Å². The van der Waals surface area contributed by atoms with Crippen molar-refractivity contribution in [2.45, 2.75) is 19.8 Å². The van der Waals surface area contributed by atoms with E-state index in [2.05, 4.69) is 20.4 Å². The lowest BCUT2D eigenvalue weighted by Crippen LogP contribution is -2.28. The highest BCUT2D eigenvalue weighted by molar-refractivity contribution is 5.78.